The van der Waals surface area contributed by atoms with Crippen LogP contribution >= 0.6 is 11.8 Å². The summed E-state index contributed by atoms with van der Waals surface area (Å²) in [5.74, 6) is 16.7. The van der Waals surface area contributed by atoms with Crippen LogP contribution in [0.5, 0.6) is 0 Å². The molecule has 2 nitrogen and oxygen atoms in total. The Bertz CT molecular complexity index is 561. The van der Waals surface area contributed by atoms with E-state index in [0.29, 0.717) is 0 Å². The van der Waals surface area contributed by atoms with Gasteiger partial charge in [0.05, 0.1) is 6.42 Å². The monoisotopic (exact) mass is 226 g/mol. The highest BCUT2D eigenvalue weighted by atomic mass is 32.2. The van der Waals surface area contributed by atoms with Crippen molar-refractivity contribution in [2.24, 2.45) is 0 Å². The lowest BCUT2D eigenvalue weighted by atomic mass is 10.1. The summed E-state index contributed by atoms with van der Waals surface area (Å²) in [5, 5.41) is -0.151. The molecule has 1 heterocycles. The number of hydrogen-bond acceptors (Lipinski definition) is 3. The average molecular weight is 226 g/mol. The predicted octanol–water partition coefficient (Wildman–Crippen LogP) is 0.621. The first-order chi connectivity index (χ1) is 7.58. The Labute approximate surface area is 98.6 Å². The highest BCUT2D eigenvalue weighted by molar-refractivity contribution is 8.16. The van der Waals surface area contributed by atoms with E-state index in [1.165, 1.54) is 0 Å². The summed E-state index contributed by atoms with van der Waals surface area (Å²) in [7, 11) is 0. The van der Waals surface area contributed by atoms with Gasteiger partial charge in [-0.25, -0.2) is 0 Å². The van der Waals surface area contributed by atoms with Crippen molar-refractivity contribution in [2.75, 3.05) is 0 Å². The van der Waals surface area contributed by atoms with E-state index in [2.05, 4.69) is 41.4 Å². The number of thioether (sulfide) groups is 1. The van der Waals surface area contributed by atoms with Crippen LogP contribution in [0.25, 0.3) is 0 Å². The molecule has 1 fully saturated rings. The average Bonchev–Trinajstić information content (AvgIpc) is 2.47. The van der Waals surface area contributed by atoms with Gasteiger partial charge in [-0.3, -0.25) is 9.59 Å². The Morgan fingerprint density at radius 1 is 1.19 bits per heavy atom. The lowest BCUT2D eigenvalue weighted by molar-refractivity contribution is -0.122. The molecule has 0 aromatic carbocycles. The Morgan fingerprint density at radius 2 is 1.81 bits per heavy atom. The minimum Gasteiger partial charge on any atom is -0.296 e. The number of hydrogen-bond donors (Lipinski definition) is 0. The third kappa shape index (κ3) is 2.96. The first kappa shape index (κ1) is 12.0. The Balaban J connectivity index is 2.78. The molecule has 1 aliphatic heterocycles. The molecule has 0 spiro atoms. The quantitative estimate of drug-likeness (QED) is 0.448. The molecule has 76 valence electrons. The highest BCUT2D eigenvalue weighted by Gasteiger charge is 2.42. The van der Waals surface area contributed by atoms with Crippen molar-refractivity contribution in [1.29, 1.82) is 0 Å². The van der Waals surface area contributed by atoms with E-state index in [1.54, 1.807) is 6.92 Å². The topological polar surface area (TPSA) is 34.1 Å². The molecule has 0 N–H and O–H groups in total. The van der Waals surface area contributed by atoms with Gasteiger partial charge in [-0.15, -0.1) is 6.42 Å². The SMILES string of the molecule is C#CC#CC#CC#C[C@]1(C)SC(=O)CC1=O. The molecular formula is C13H6O2S. The van der Waals surface area contributed by atoms with Gasteiger partial charge in [-0.2, -0.15) is 0 Å². The summed E-state index contributed by atoms with van der Waals surface area (Å²) in [4.78, 5) is 22.5. The fraction of sp³-hybridized carbons (Fsp3) is 0.231. The van der Waals surface area contributed by atoms with Gasteiger partial charge >= 0.3 is 0 Å². The number of carbonyl (C=O) groups excluding carboxylic acids is 2. The van der Waals surface area contributed by atoms with Crippen molar-refractivity contribution in [2.45, 2.75) is 18.1 Å². The Kier molecular flexibility index (Phi) is 3.85. The van der Waals surface area contributed by atoms with Crippen LogP contribution in [-0.4, -0.2) is 15.6 Å². The zero-order valence-electron chi connectivity index (χ0n) is 8.51. The van der Waals surface area contributed by atoms with Crippen molar-refractivity contribution in [3.63, 3.8) is 0 Å². The van der Waals surface area contributed by atoms with Gasteiger partial charge in [0.1, 0.15) is 4.75 Å². The summed E-state index contributed by atoms with van der Waals surface area (Å²) in [6.45, 7) is 1.62. The third-order valence-electron chi connectivity index (χ3n) is 1.78. The first-order valence-corrected chi connectivity index (χ1v) is 5.13. The Morgan fingerprint density at radius 3 is 2.38 bits per heavy atom. The normalized spacial score (nSPS) is 21.8. The number of ketones is 1. The minimum atomic E-state index is -0.953. The molecule has 1 aliphatic rings. The van der Waals surface area contributed by atoms with E-state index in [9.17, 15) is 9.59 Å². The van der Waals surface area contributed by atoms with Crippen molar-refractivity contribution >= 4 is 22.7 Å². The summed E-state index contributed by atoms with van der Waals surface area (Å²) in [6.07, 6.45) is 4.83. The fourth-order valence-electron chi connectivity index (χ4n) is 0.996. The zero-order chi connectivity index (χ0) is 12.0. The second-order valence-electron chi connectivity index (χ2n) is 3.00. The van der Waals surface area contributed by atoms with Gasteiger partial charge in [0.2, 0.25) is 0 Å². The molecule has 0 amide bonds. The van der Waals surface area contributed by atoms with Crippen LogP contribution in [0.2, 0.25) is 0 Å². The van der Waals surface area contributed by atoms with Gasteiger partial charge in [-0.05, 0) is 42.4 Å². The highest BCUT2D eigenvalue weighted by Crippen LogP contribution is 2.35. The summed E-state index contributed by atoms with van der Waals surface area (Å²) >= 11 is 0.946. The smallest absolute Gasteiger partial charge is 0.198 e. The number of carbonyl (C=O) groups is 2. The zero-order valence-corrected chi connectivity index (χ0v) is 9.33. The van der Waals surface area contributed by atoms with Gasteiger partial charge < -0.3 is 0 Å². The molecule has 0 aliphatic carbocycles. The van der Waals surface area contributed by atoms with E-state index in [0.717, 1.165) is 11.8 Å². The van der Waals surface area contributed by atoms with Crippen molar-refractivity contribution in [3.8, 4) is 47.9 Å². The van der Waals surface area contributed by atoms with Crippen LogP contribution < -0.4 is 0 Å². The standard InChI is InChI=1S/C13H6O2S/c1-3-4-5-6-7-8-9-13(2)11(14)10-12(15)16-13/h1H,10H2,2H3/t13-/m0/s1. The molecule has 0 unspecified atom stereocenters. The van der Waals surface area contributed by atoms with Crippen molar-refractivity contribution in [3.05, 3.63) is 0 Å². The first-order valence-electron chi connectivity index (χ1n) is 4.31. The molecule has 0 radical (unpaired) electrons. The largest absolute Gasteiger partial charge is 0.296 e. The van der Waals surface area contributed by atoms with E-state index in [-0.39, 0.29) is 17.3 Å². The van der Waals surface area contributed by atoms with Crippen LogP contribution in [0.1, 0.15) is 13.3 Å². The van der Waals surface area contributed by atoms with E-state index in [1.807, 2.05) is 0 Å². The fourth-order valence-corrected chi connectivity index (χ4v) is 1.94. The molecule has 3 heteroatoms. The van der Waals surface area contributed by atoms with E-state index in [4.69, 9.17) is 6.42 Å². The number of Topliss-reactive ketones (excluding diaryl/α,β-unsaturated/α-hetero) is 1. The van der Waals surface area contributed by atoms with Crippen molar-refractivity contribution in [1.82, 2.24) is 0 Å². The maximum absolute atomic E-state index is 11.4. The lowest BCUT2D eigenvalue weighted by Gasteiger charge is -2.09. The molecule has 0 aromatic heterocycles. The lowest BCUT2D eigenvalue weighted by Crippen LogP contribution is -2.23. The molecule has 1 saturated heterocycles. The maximum atomic E-state index is 11.4. The predicted molar refractivity (Wildman–Crippen MR) is 62.8 cm³/mol. The van der Waals surface area contributed by atoms with Gasteiger partial charge in [-0.1, -0.05) is 17.7 Å². The maximum Gasteiger partial charge on any atom is 0.198 e. The van der Waals surface area contributed by atoms with Crippen molar-refractivity contribution < 1.29 is 9.59 Å². The van der Waals surface area contributed by atoms with Gasteiger partial charge in [0.15, 0.2) is 10.9 Å². The third-order valence-corrected chi connectivity index (χ3v) is 2.89. The van der Waals surface area contributed by atoms with Crippen LogP contribution in [-0.2, 0) is 9.59 Å². The van der Waals surface area contributed by atoms with Crippen LogP contribution in [0.4, 0.5) is 0 Å². The molecular weight excluding hydrogens is 220 g/mol. The summed E-state index contributed by atoms with van der Waals surface area (Å²) in [5.41, 5.74) is 0. The second kappa shape index (κ2) is 5.14. The van der Waals surface area contributed by atoms with Crippen LogP contribution in [0.3, 0.4) is 0 Å². The van der Waals surface area contributed by atoms with Gasteiger partial charge in [0.25, 0.3) is 0 Å². The summed E-state index contributed by atoms with van der Waals surface area (Å²) < 4.78 is -0.953. The summed E-state index contributed by atoms with van der Waals surface area (Å²) in [6, 6.07) is 0. The van der Waals surface area contributed by atoms with E-state index >= 15 is 0 Å². The molecule has 0 bridgehead atoms. The molecule has 1 atom stereocenters. The second-order valence-corrected chi connectivity index (χ2v) is 4.48. The van der Waals surface area contributed by atoms with Gasteiger partial charge in [0, 0.05) is 0 Å². The molecule has 0 saturated carbocycles. The van der Waals surface area contributed by atoms with Crippen LogP contribution in [0.15, 0.2) is 0 Å². The molecule has 1 rings (SSSR count). The van der Waals surface area contributed by atoms with Crippen LogP contribution in [0, 0.1) is 47.9 Å². The minimum absolute atomic E-state index is 0.0554. The van der Waals surface area contributed by atoms with E-state index < -0.39 is 4.75 Å². The number of terminal acetylenes is 1. The molecule has 0 aromatic rings. The Hall–Kier alpha value is -2.07. The molecule has 16 heavy (non-hydrogen) atoms. The number of rotatable bonds is 0.